The molecular formula is C28H42O8Si2. The molecular weight excluding hydrogens is 520 g/mol. The van der Waals surface area contributed by atoms with Gasteiger partial charge in [-0.2, -0.15) is 0 Å². The summed E-state index contributed by atoms with van der Waals surface area (Å²) in [6, 6.07) is 12.9. The average Bonchev–Trinajstić information content (AvgIpc) is 2.89. The van der Waals surface area contributed by atoms with E-state index in [2.05, 4.69) is 50.5 Å². The molecule has 10 heteroatoms. The van der Waals surface area contributed by atoms with Crippen LogP contribution in [-0.2, 0) is 18.9 Å². The lowest BCUT2D eigenvalue weighted by Crippen LogP contribution is -2.69. The zero-order valence-electron chi connectivity index (χ0n) is 23.2. The Morgan fingerprint density at radius 1 is 0.395 bits per heavy atom. The van der Waals surface area contributed by atoms with E-state index in [1.807, 2.05) is 12.1 Å². The van der Waals surface area contributed by atoms with Crippen LogP contribution < -0.4 is 29.3 Å². The van der Waals surface area contributed by atoms with E-state index in [9.17, 15) is 0 Å². The van der Waals surface area contributed by atoms with Crippen LogP contribution in [-0.4, -0.2) is 94.5 Å². The van der Waals surface area contributed by atoms with Crippen molar-refractivity contribution in [1.29, 1.82) is 0 Å². The van der Waals surface area contributed by atoms with Gasteiger partial charge in [-0.1, -0.05) is 48.7 Å². The largest absolute Gasteiger partial charge is 0.487 e. The minimum absolute atomic E-state index is 0.472. The molecule has 0 saturated heterocycles. The molecule has 0 spiro atoms. The first-order valence-electron chi connectivity index (χ1n) is 13.5. The molecule has 0 atom stereocenters. The van der Waals surface area contributed by atoms with Crippen LogP contribution in [0, 0.1) is 0 Å². The van der Waals surface area contributed by atoms with Crippen LogP contribution in [0.1, 0.15) is 0 Å². The molecule has 38 heavy (non-hydrogen) atoms. The summed E-state index contributed by atoms with van der Waals surface area (Å²) in [7, 11) is -3.94. The molecule has 0 unspecified atom stereocenters. The average molecular weight is 563 g/mol. The maximum Gasteiger partial charge on any atom is 0.161 e. The summed E-state index contributed by atoms with van der Waals surface area (Å²) in [5.41, 5.74) is 0. The minimum Gasteiger partial charge on any atom is -0.487 e. The van der Waals surface area contributed by atoms with Crippen molar-refractivity contribution >= 4 is 25.6 Å². The van der Waals surface area contributed by atoms with Gasteiger partial charge in [-0.3, -0.25) is 0 Å². The van der Waals surface area contributed by atoms with Crippen molar-refractivity contribution in [2.45, 2.75) is 26.2 Å². The lowest BCUT2D eigenvalue weighted by atomic mass is 10.3. The molecule has 0 amide bonds. The Labute approximate surface area is 228 Å². The van der Waals surface area contributed by atoms with E-state index >= 15 is 0 Å². The predicted octanol–water partition coefficient (Wildman–Crippen LogP) is 2.90. The van der Waals surface area contributed by atoms with Gasteiger partial charge in [-0.05, 0) is 24.3 Å². The van der Waals surface area contributed by atoms with Gasteiger partial charge in [0.2, 0.25) is 0 Å². The second-order valence-electron chi connectivity index (χ2n) is 10.4. The summed E-state index contributed by atoms with van der Waals surface area (Å²) in [4.78, 5) is 0. The van der Waals surface area contributed by atoms with Gasteiger partial charge in [-0.15, -0.1) is 0 Å². The van der Waals surface area contributed by atoms with Crippen molar-refractivity contribution < 1.29 is 37.9 Å². The Kier molecular flexibility index (Phi) is 10.5. The molecule has 2 aliphatic rings. The summed E-state index contributed by atoms with van der Waals surface area (Å²) in [5, 5.41) is 2.69. The van der Waals surface area contributed by atoms with E-state index in [4.69, 9.17) is 37.9 Å². The summed E-state index contributed by atoms with van der Waals surface area (Å²) in [5.74, 6) is 3.04. The van der Waals surface area contributed by atoms with Gasteiger partial charge in [0.05, 0.1) is 68.0 Å². The van der Waals surface area contributed by atoms with Crippen LogP contribution in [0.4, 0.5) is 0 Å². The highest BCUT2D eigenvalue weighted by molar-refractivity contribution is 7.50. The Morgan fingerprint density at radius 2 is 0.684 bits per heavy atom. The van der Waals surface area contributed by atoms with E-state index in [0.717, 1.165) is 23.0 Å². The van der Waals surface area contributed by atoms with E-state index in [-0.39, 0.29) is 0 Å². The van der Waals surface area contributed by atoms with Crippen molar-refractivity contribution in [3.63, 3.8) is 0 Å². The fraction of sp³-hybridized carbons (Fsp3) is 0.571. The third-order valence-electron chi connectivity index (χ3n) is 7.58. The summed E-state index contributed by atoms with van der Waals surface area (Å²) < 4.78 is 46.6. The van der Waals surface area contributed by atoms with Gasteiger partial charge in [0.25, 0.3) is 0 Å². The van der Waals surface area contributed by atoms with Crippen LogP contribution in [0.15, 0.2) is 36.4 Å². The van der Waals surface area contributed by atoms with Crippen LogP contribution >= 0.6 is 0 Å². The summed E-state index contributed by atoms with van der Waals surface area (Å²) in [6.45, 7) is 16.0. The number of ether oxygens (including phenoxy) is 8. The number of hydrogen-bond acceptors (Lipinski definition) is 8. The predicted molar refractivity (Wildman–Crippen MR) is 152 cm³/mol. The van der Waals surface area contributed by atoms with Gasteiger partial charge < -0.3 is 37.9 Å². The zero-order chi connectivity index (χ0) is 26.8. The highest BCUT2D eigenvalue weighted by Crippen LogP contribution is 2.31. The van der Waals surface area contributed by atoms with Crippen molar-refractivity contribution in [3.8, 4) is 23.0 Å². The fourth-order valence-electron chi connectivity index (χ4n) is 4.47. The highest BCUT2D eigenvalue weighted by Gasteiger charge is 2.44. The van der Waals surface area contributed by atoms with E-state index < -0.39 is 15.2 Å². The minimum atomic E-state index is -1.97. The van der Waals surface area contributed by atoms with Crippen molar-refractivity contribution in [1.82, 2.24) is 0 Å². The first kappa shape index (κ1) is 28.9. The van der Waals surface area contributed by atoms with E-state index in [1.165, 1.54) is 10.4 Å². The first-order valence-corrected chi connectivity index (χ1v) is 20.5. The Balaban J connectivity index is 1.59. The SMILES string of the molecule is C[Si](C)(c1ccc2c(c1)OCCOCCOCCO2)[Si](C)(C)c1ccc2c(c1)OCCOCCOCCO2. The number of benzene rings is 2. The molecule has 0 N–H and O–H groups in total. The number of fused-ring (bicyclic) bond motifs is 2. The van der Waals surface area contributed by atoms with Crippen molar-refractivity contribution in [3.05, 3.63) is 36.4 Å². The van der Waals surface area contributed by atoms with Gasteiger partial charge in [0.15, 0.2) is 23.0 Å². The highest BCUT2D eigenvalue weighted by atomic mass is 29.3. The molecule has 4 rings (SSSR count). The zero-order valence-corrected chi connectivity index (χ0v) is 25.2. The molecule has 0 aromatic heterocycles. The first-order chi connectivity index (χ1) is 18.4. The lowest BCUT2D eigenvalue weighted by molar-refractivity contribution is 0.0223. The molecule has 0 radical (unpaired) electrons. The molecule has 8 nitrogen and oxygen atoms in total. The fourth-order valence-corrected chi connectivity index (χ4v) is 13.2. The third kappa shape index (κ3) is 7.31. The lowest BCUT2D eigenvalue weighted by Gasteiger charge is -2.39. The van der Waals surface area contributed by atoms with E-state index in [1.54, 1.807) is 0 Å². The van der Waals surface area contributed by atoms with Crippen LogP contribution in [0.3, 0.4) is 0 Å². The van der Waals surface area contributed by atoms with Crippen LogP contribution in [0.25, 0.3) is 0 Å². The second kappa shape index (κ2) is 13.8. The Bertz CT molecular complexity index is 948. The molecule has 2 heterocycles. The van der Waals surface area contributed by atoms with Crippen molar-refractivity contribution in [2.75, 3.05) is 79.3 Å². The smallest absolute Gasteiger partial charge is 0.161 e. The number of rotatable bonds is 3. The molecule has 2 aromatic carbocycles. The van der Waals surface area contributed by atoms with Gasteiger partial charge in [0, 0.05) is 0 Å². The molecule has 0 fully saturated rings. The Hall–Kier alpha value is -2.09. The topological polar surface area (TPSA) is 73.8 Å². The summed E-state index contributed by atoms with van der Waals surface area (Å²) in [6.07, 6.45) is 0. The van der Waals surface area contributed by atoms with Gasteiger partial charge in [0.1, 0.15) is 26.4 Å². The van der Waals surface area contributed by atoms with E-state index in [0.29, 0.717) is 79.3 Å². The van der Waals surface area contributed by atoms with Gasteiger partial charge in [-0.25, -0.2) is 0 Å². The standard InChI is InChI=1S/C28H42O8Si2/c1-37(2,23-5-7-25-27(21-23)35-19-15-31-11-9-29-13-17-33-25)38(3,4)24-6-8-26-28(22-24)36-20-16-32-12-10-30-14-18-34-26/h5-8,21-22H,9-20H2,1-4H3. The molecule has 210 valence electrons. The molecule has 0 bridgehead atoms. The van der Waals surface area contributed by atoms with Gasteiger partial charge >= 0.3 is 0 Å². The molecule has 0 aliphatic carbocycles. The molecule has 0 saturated carbocycles. The normalized spacial score (nSPS) is 18.7. The van der Waals surface area contributed by atoms with Crippen LogP contribution in [0.2, 0.25) is 26.2 Å². The Morgan fingerprint density at radius 3 is 1.03 bits per heavy atom. The maximum atomic E-state index is 6.14. The quantitative estimate of drug-likeness (QED) is 0.529. The number of hydrogen-bond donors (Lipinski definition) is 0. The molecule has 2 aromatic rings. The van der Waals surface area contributed by atoms with Crippen molar-refractivity contribution in [2.24, 2.45) is 0 Å². The molecule has 2 aliphatic heterocycles. The third-order valence-corrected chi connectivity index (χ3v) is 25.3. The van der Waals surface area contributed by atoms with Crippen LogP contribution in [0.5, 0.6) is 23.0 Å². The monoisotopic (exact) mass is 562 g/mol. The maximum absolute atomic E-state index is 6.14. The summed E-state index contributed by atoms with van der Waals surface area (Å²) >= 11 is 0. The second-order valence-corrected chi connectivity index (χ2v) is 25.6.